The maximum Gasteiger partial charge on any atom is 0.329 e. The first-order chi connectivity index (χ1) is 10.7. The number of thiol groups is 1. The number of rotatable bonds is 10. The lowest BCUT2D eigenvalue weighted by Crippen LogP contribution is -2.49. The number of hydrogen-bond acceptors (Lipinski definition) is 8. The van der Waals surface area contributed by atoms with Crippen LogP contribution in [0.3, 0.4) is 0 Å². The Labute approximate surface area is 137 Å². The maximum absolute atomic E-state index is 11.6. The fraction of sp³-hybridized carbons (Fsp3) is 0.600. The van der Waals surface area contributed by atoms with Gasteiger partial charge in [-0.1, -0.05) is 0 Å². The first kappa shape index (κ1) is 20.9. The second-order valence-corrected chi connectivity index (χ2v) is 5.14. The molecule has 0 aliphatic carbocycles. The summed E-state index contributed by atoms with van der Waals surface area (Å²) in [5, 5.41) is 21.5. The number of hydrogen-bond donors (Lipinski definition) is 5. The molecule has 4 N–H and O–H groups in total. The molecule has 13 heteroatoms. The van der Waals surface area contributed by atoms with Crippen LogP contribution in [0.1, 0.15) is 12.8 Å². The van der Waals surface area contributed by atoms with Crippen molar-refractivity contribution >= 4 is 46.9 Å². The topological polar surface area (TPSA) is 179 Å². The van der Waals surface area contributed by atoms with E-state index in [1.807, 2.05) is 0 Å². The van der Waals surface area contributed by atoms with Crippen molar-refractivity contribution in [2.24, 2.45) is 4.36 Å². The molecule has 0 radical (unpaired) electrons. The van der Waals surface area contributed by atoms with Gasteiger partial charge in [0.1, 0.15) is 12.6 Å². The SMILES string of the molecule is O=C(O)CNC(=O)[C@H](CS)NC(=O)CC[C@H](N=S(=O)=O)C(=O)O. The Hall–Kier alpha value is -2.15. The third-order valence-electron chi connectivity index (χ3n) is 2.39. The first-order valence-corrected chi connectivity index (χ1v) is 7.76. The molecule has 0 aromatic heterocycles. The molecule has 0 unspecified atom stereocenters. The fourth-order valence-electron chi connectivity index (χ4n) is 1.34. The molecule has 0 aliphatic rings. The van der Waals surface area contributed by atoms with E-state index in [1.54, 1.807) is 0 Å². The minimum absolute atomic E-state index is 0.117. The molecule has 11 nitrogen and oxygen atoms in total. The lowest BCUT2D eigenvalue weighted by Gasteiger charge is -2.16. The molecule has 0 saturated heterocycles. The number of carboxylic acids is 2. The molecule has 0 spiro atoms. The second kappa shape index (κ2) is 10.6. The molecular weight excluding hydrogens is 354 g/mol. The number of nitrogens with zero attached hydrogens (tertiary/aromatic N) is 1. The number of amides is 2. The van der Waals surface area contributed by atoms with Crippen molar-refractivity contribution in [3.63, 3.8) is 0 Å². The van der Waals surface area contributed by atoms with E-state index in [-0.39, 0.29) is 12.2 Å². The molecule has 0 fully saturated rings. The normalized spacial score (nSPS) is 12.6. The predicted octanol–water partition coefficient (Wildman–Crippen LogP) is -2.10. The molecule has 0 saturated carbocycles. The van der Waals surface area contributed by atoms with E-state index >= 15 is 0 Å². The molecule has 0 heterocycles. The molecule has 2 amide bonds. The highest BCUT2D eigenvalue weighted by atomic mass is 32.2. The van der Waals surface area contributed by atoms with Crippen molar-refractivity contribution in [3.8, 4) is 0 Å². The van der Waals surface area contributed by atoms with Gasteiger partial charge in [0.2, 0.25) is 11.8 Å². The average molecular weight is 369 g/mol. The summed E-state index contributed by atoms with van der Waals surface area (Å²) in [6, 6.07) is -2.71. The van der Waals surface area contributed by atoms with Crippen LogP contribution < -0.4 is 10.6 Å². The molecule has 0 bridgehead atoms. The predicted molar refractivity (Wildman–Crippen MR) is 78.4 cm³/mol. The summed E-state index contributed by atoms with van der Waals surface area (Å²) in [4.78, 5) is 44.3. The highest BCUT2D eigenvalue weighted by Gasteiger charge is 2.22. The van der Waals surface area contributed by atoms with E-state index in [2.05, 4.69) is 27.6 Å². The smallest absolute Gasteiger partial charge is 0.329 e. The third-order valence-corrected chi connectivity index (χ3v) is 3.18. The van der Waals surface area contributed by atoms with Gasteiger partial charge in [0.25, 0.3) is 0 Å². The fourth-order valence-corrected chi connectivity index (χ4v) is 2.00. The molecular formula is C10H15N3O8S2. The van der Waals surface area contributed by atoms with E-state index in [4.69, 9.17) is 10.2 Å². The Kier molecular flexibility index (Phi) is 9.57. The van der Waals surface area contributed by atoms with Crippen LogP contribution in [0.2, 0.25) is 0 Å². The van der Waals surface area contributed by atoms with Crippen molar-refractivity contribution in [3.05, 3.63) is 0 Å². The van der Waals surface area contributed by atoms with Crippen molar-refractivity contribution in [2.45, 2.75) is 24.9 Å². The van der Waals surface area contributed by atoms with Crippen LogP contribution in [-0.4, -0.2) is 66.8 Å². The summed E-state index contributed by atoms with van der Waals surface area (Å²) in [6.07, 6.45) is -0.778. The zero-order valence-corrected chi connectivity index (χ0v) is 13.3. The lowest BCUT2D eigenvalue weighted by molar-refractivity contribution is -0.139. The van der Waals surface area contributed by atoms with Crippen LogP contribution in [0.25, 0.3) is 0 Å². The van der Waals surface area contributed by atoms with Gasteiger partial charge in [-0.05, 0) is 6.42 Å². The van der Waals surface area contributed by atoms with Gasteiger partial charge in [-0.3, -0.25) is 14.4 Å². The molecule has 0 aromatic rings. The number of carbonyl (C=O) groups is 4. The lowest BCUT2D eigenvalue weighted by atomic mass is 10.1. The first-order valence-electron chi connectivity index (χ1n) is 6.10. The average Bonchev–Trinajstić information content (AvgIpc) is 2.45. The van der Waals surface area contributed by atoms with Gasteiger partial charge in [-0.15, -0.1) is 0 Å². The van der Waals surface area contributed by atoms with Gasteiger partial charge in [0.15, 0.2) is 6.04 Å². The Balaban J connectivity index is 4.54. The highest BCUT2D eigenvalue weighted by Crippen LogP contribution is 2.03. The summed E-state index contributed by atoms with van der Waals surface area (Å²) in [5.41, 5.74) is 0. The molecule has 23 heavy (non-hydrogen) atoms. The molecule has 0 aromatic carbocycles. The minimum Gasteiger partial charge on any atom is -0.480 e. The summed E-state index contributed by atoms with van der Waals surface area (Å²) >= 11 is 3.84. The van der Waals surface area contributed by atoms with Crippen molar-refractivity contribution < 1.29 is 37.8 Å². The standard InChI is InChI=1S/C10H15N3O8S2/c14-7(2-1-5(10(18)19)13-23(20)21)12-6(4-22)9(17)11-3-8(15)16/h5-6,22H,1-4H2,(H,11,17)(H,12,14)(H,15,16)(H,18,19)/t5-,6-/m0/s1. The largest absolute Gasteiger partial charge is 0.480 e. The Morgan fingerprint density at radius 2 is 1.78 bits per heavy atom. The van der Waals surface area contributed by atoms with E-state index in [9.17, 15) is 27.6 Å². The summed E-state index contributed by atoms with van der Waals surface area (Å²) in [6.45, 7) is -0.631. The van der Waals surface area contributed by atoms with Crippen LogP contribution in [0.4, 0.5) is 0 Å². The Morgan fingerprint density at radius 1 is 1.17 bits per heavy atom. The summed E-state index contributed by atoms with van der Waals surface area (Å²) in [5.74, 6) is -4.39. The number of nitrogens with one attached hydrogen (secondary N) is 2. The van der Waals surface area contributed by atoms with Gasteiger partial charge >= 0.3 is 22.4 Å². The van der Waals surface area contributed by atoms with Crippen LogP contribution >= 0.6 is 12.6 Å². The molecule has 2 atom stereocenters. The van der Waals surface area contributed by atoms with Gasteiger partial charge in [-0.2, -0.15) is 25.4 Å². The van der Waals surface area contributed by atoms with Gasteiger partial charge in [-0.25, -0.2) is 4.79 Å². The summed E-state index contributed by atoms with van der Waals surface area (Å²) < 4.78 is 23.6. The minimum atomic E-state index is -2.93. The molecule has 130 valence electrons. The van der Waals surface area contributed by atoms with Crippen LogP contribution in [-0.2, 0) is 29.7 Å². The quantitative estimate of drug-likeness (QED) is 0.272. The number of aliphatic carboxylic acids is 2. The monoisotopic (exact) mass is 369 g/mol. The van der Waals surface area contributed by atoms with Crippen molar-refractivity contribution in [2.75, 3.05) is 12.3 Å². The zero-order valence-electron chi connectivity index (χ0n) is 11.6. The third kappa shape index (κ3) is 9.46. The van der Waals surface area contributed by atoms with Gasteiger partial charge in [0, 0.05) is 12.2 Å². The summed E-state index contributed by atoms with van der Waals surface area (Å²) in [7, 11) is -2.93. The van der Waals surface area contributed by atoms with E-state index < -0.39 is 59.3 Å². The van der Waals surface area contributed by atoms with Crippen LogP contribution in [0.5, 0.6) is 0 Å². The second-order valence-electron chi connectivity index (χ2n) is 4.13. The molecule has 0 rings (SSSR count). The number of carbonyl (C=O) groups excluding carboxylic acids is 2. The van der Waals surface area contributed by atoms with E-state index in [1.165, 1.54) is 0 Å². The zero-order chi connectivity index (χ0) is 18.0. The maximum atomic E-state index is 11.6. The van der Waals surface area contributed by atoms with Crippen molar-refractivity contribution in [1.82, 2.24) is 10.6 Å². The Morgan fingerprint density at radius 3 is 2.22 bits per heavy atom. The van der Waals surface area contributed by atoms with Crippen LogP contribution in [0, 0.1) is 0 Å². The van der Waals surface area contributed by atoms with Gasteiger partial charge in [0.05, 0.1) is 0 Å². The van der Waals surface area contributed by atoms with E-state index in [0.29, 0.717) is 0 Å². The van der Waals surface area contributed by atoms with Gasteiger partial charge < -0.3 is 20.8 Å². The van der Waals surface area contributed by atoms with Crippen LogP contribution in [0.15, 0.2) is 4.36 Å². The highest BCUT2D eigenvalue weighted by molar-refractivity contribution is 7.80. The van der Waals surface area contributed by atoms with E-state index in [0.717, 1.165) is 0 Å². The van der Waals surface area contributed by atoms with Crippen molar-refractivity contribution in [1.29, 1.82) is 0 Å². The Bertz CT molecular complexity index is 595. The molecule has 0 aliphatic heterocycles. The number of carboxylic acid groups (broad SMARTS) is 2.